The third-order valence-corrected chi connectivity index (χ3v) is 5.28. The van der Waals surface area contributed by atoms with E-state index in [4.69, 9.17) is 0 Å². The molecule has 1 aliphatic rings. The van der Waals surface area contributed by atoms with Gasteiger partial charge >= 0.3 is 0 Å². The summed E-state index contributed by atoms with van der Waals surface area (Å²) < 4.78 is 0. The molecule has 3 aromatic rings. The van der Waals surface area contributed by atoms with Crippen LogP contribution in [0.2, 0.25) is 0 Å². The first-order valence-corrected chi connectivity index (χ1v) is 8.94. The van der Waals surface area contributed by atoms with Crippen LogP contribution in [0.5, 0.6) is 0 Å². The van der Waals surface area contributed by atoms with Crippen molar-refractivity contribution >= 4 is 22.7 Å². The molecule has 0 unspecified atom stereocenters. The predicted octanol–water partition coefficient (Wildman–Crippen LogP) is 5.29. The molecular formula is C20H20N2S. The van der Waals surface area contributed by atoms with Gasteiger partial charge in [-0.3, -0.25) is 0 Å². The summed E-state index contributed by atoms with van der Waals surface area (Å²) in [6.45, 7) is 4.20. The zero-order valence-electron chi connectivity index (χ0n) is 13.2. The molecule has 0 spiro atoms. The first kappa shape index (κ1) is 14.3. The number of fused-ring (bicyclic) bond motifs is 1. The van der Waals surface area contributed by atoms with Crippen LogP contribution in [0.1, 0.15) is 24.1 Å². The van der Waals surface area contributed by atoms with Crippen molar-refractivity contribution in [1.29, 1.82) is 0 Å². The Morgan fingerprint density at radius 2 is 1.57 bits per heavy atom. The van der Waals surface area contributed by atoms with E-state index in [0.29, 0.717) is 6.04 Å². The second-order valence-electron chi connectivity index (χ2n) is 6.02. The molecule has 23 heavy (non-hydrogen) atoms. The van der Waals surface area contributed by atoms with Gasteiger partial charge in [-0.2, -0.15) is 0 Å². The smallest absolute Gasteiger partial charge is 0.0914 e. The second-order valence-corrected chi connectivity index (χ2v) is 6.77. The summed E-state index contributed by atoms with van der Waals surface area (Å²) in [7, 11) is 0. The number of hydrogen-bond donors (Lipinski definition) is 0. The van der Waals surface area contributed by atoms with E-state index in [9.17, 15) is 0 Å². The Balaban J connectivity index is 1.60. The van der Waals surface area contributed by atoms with Crippen LogP contribution in [0, 0.1) is 0 Å². The number of rotatable bonds is 4. The average Bonchev–Trinajstić information content (AvgIpc) is 3.20. The van der Waals surface area contributed by atoms with Crippen LogP contribution in [0.15, 0.2) is 71.4 Å². The third-order valence-electron chi connectivity index (χ3n) is 4.56. The van der Waals surface area contributed by atoms with Gasteiger partial charge in [-0.15, -0.1) is 11.3 Å². The van der Waals surface area contributed by atoms with E-state index in [-0.39, 0.29) is 0 Å². The molecule has 0 fully saturated rings. The van der Waals surface area contributed by atoms with Crippen molar-refractivity contribution in [2.45, 2.75) is 19.5 Å². The lowest BCUT2D eigenvalue weighted by molar-refractivity contribution is 0.670. The van der Waals surface area contributed by atoms with Gasteiger partial charge in [-0.25, -0.2) is 0 Å². The highest BCUT2D eigenvalue weighted by Gasteiger charge is 2.30. The molecule has 2 nitrogen and oxygen atoms in total. The molecule has 0 saturated heterocycles. The lowest BCUT2D eigenvalue weighted by Crippen LogP contribution is -2.32. The normalized spacial score (nSPS) is 14.8. The van der Waals surface area contributed by atoms with Crippen LogP contribution in [0.3, 0.4) is 0 Å². The average molecular weight is 320 g/mol. The van der Waals surface area contributed by atoms with Gasteiger partial charge < -0.3 is 9.80 Å². The quantitative estimate of drug-likeness (QED) is 0.644. The summed E-state index contributed by atoms with van der Waals surface area (Å²) in [6, 6.07) is 21.9. The molecule has 0 aliphatic carbocycles. The molecule has 1 aromatic heterocycles. The summed E-state index contributed by atoms with van der Waals surface area (Å²) in [5, 5.41) is 4.55. The van der Waals surface area contributed by atoms with E-state index in [2.05, 4.69) is 88.1 Å². The van der Waals surface area contributed by atoms with Crippen LogP contribution in [-0.4, -0.2) is 6.67 Å². The molecule has 0 amide bonds. The van der Waals surface area contributed by atoms with Gasteiger partial charge in [0.2, 0.25) is 0 Å². The second kappa shape index (κ2) is 6.09. The maximum atomic E-state index is 2.50. The molecule has 1 aliphatic heterocycles. The van der Waals surface area contributed by atoms with E-state index in [1.807, 2.05) is 0 Å². The standard InChI is InChI=1S/C20H20N2S/c1-16(18-10-6-3-7-11-18)22-15-21(19-13-23-14-20(19)22)12-17-8-4-2-5-9-17/h2-11,13-14,16H,12,15H2,1H3/t16-/m0/s1. The molecule has 116 valence electrons. The number of benzene rings is 2. The fourth-order valence-electron chi connectivity index (χ4n) is 3.25. The zero-order chi connectivity index (χ0) is 15.6. The Labute approximate surface area is 141 Å². The maximum absolute atomic E-state index is 2.50. The molecule has 0 saturated carbocycles. The predicted molar refractivity (Wildman–Crippen MR) is 99.1 cm³/mol. The number of anilines is 2. The van der Waals surface area contributed by atoms with E-state index in [1.54, 1.807) is 11.3 Å². The van der Waals surface area contributed by atoms with Crippen molar-refractivity contribution in [3.8, 4) is 0 Å². The number of hydrogen-bond acceptors (Lipinski definition) is 3. The molecule has 0 bridgehead atoms. The Morgan fingerprint density at radius 1 is 0.913 bits per heavy atom. The molecule has 1 atom stereocenters. The summed E-state index contributed by atoms with van der Waals surface area (Å²) in [6.07, 6.45) is 0. The third kappa shape index (κ3) is 2.73. The molecule has 3 heteroatoms. The van der Waals surface area contributed by atoms with Gasteiger partial charge in [0.15, 0.2) is 0 Å². The monoisotopic (exact) mass is 320 g/mol. The lowest BCUT2D eigenvalue weighted by Gasteiger charge is -2.28. The van der Waals surface area contributed by atoms with Crippen LogP contribution in [0.4, 0.5) is 11.4 Å². The largest absolute Gasteiger partial charge is 0.347 e. The fraction of sp³-hybridized carbons (Fsp3) is 0.200. The zero-order valence-corrected chi connectivity index (χ0v) is 14.0. The Morgan fingerprint density at radius 3 is 2.30 bits per heavy atom. The summed E-state index contributed by atoms with van der Waals surface area (Å²) in [5.41, 5.74) is 5.45. The van der Waals surface area contributed by atoms with Crippen LogP contribution in [0.25, 0.3) is 0 Å². The Hall–Kier alpha value is -2.26. The molecule has 4 rings (SSSR count). The highest BCUT2D eigenvalue weighted by Crippen LogP contribution is 2.43. The Bertz CT molecular complexity index is 767. The molecule has 0 N–H and O–H groups in total. The topological polar surface area (TPSA) is 6.48 Å². The van der Waals surface area contributed by atoms with Crippen molar-refractivity contribution in [3.05, 3.63) is 82.6 Å². The maximum Gasteiger partial charge on any atom is 0.0914 e. The van der Waals surface area contributed by atoms with Crippen molar-refractivity contribution in [2.24, 2.45) is 0 Å². The molecule has 0 radical (unpaired) electrons. The number of thiophene rings is 1. The minimum atomic E-state index is 0.380. The van der Waals surface area contributed by atoms with Gasteiger partial charge in [0.1, 0.15) is 0 Å². The van der Waals surface area contributed by atoms with Crippen LogP contribution < -0.4 is 9.80 Å². The highest BCUT2D eigenvalue weighted by molar-refractivity contribution is 7.09. The molecule has 2 heterocycles. The van der Waals surface area contributed by atoms with Gasteiger partial charge in [0.05, 0.1) is 24.1 Å². The van der Waals surface area contributed by atoms with E-state index in [1.165, 1.54) is 22.5 Å². The number of nitrogens with zero attached hydrogens (tertiary/aromatic N) is 2. The van der Waals surface area contributed by atoms with Crippen LogP contribution >= 0.6 is 11.3 Å². The van der Waals surface area contributed by atoms with Crippen molar-refractivity contribution in [2.75, 3.05) is 16.5 Å². The SMILES string of the molecule is C[C@@H](c1ccccc1)N1CN(Cc2ccccc2)c2cscc21. The Kier molecular flexibility index (Phi) is 3.80. The van der Waals surface area contributed by atoms with Crippen molar-refractivity contribution < 1.29 is 0 Å². The highest BCUT2D eigenvalue weighted by atomic mass is 32.1. The summed E-state index contributed by atoms with van der Waals surface area (Å²) in [4.78, 5) is 4.98. The van der Waals surface area contributed by atoms with Crippen molar-refractivity contribution in [1.82, 2.24) is 0 Å². The summed E-state index contributed by atoms with van der Waals surface area (Å²) >= 11 is 1.79. The van der Waals surface area contributed by atoms with Gasteiger partial charge in [-0.05, 0) is 18.1 Å². The van der Waals surface area contributed by atoms with E-state index < -0.39 is 0 Å². The van der Waals surface area contributed by atoms with Crippen LogP contribution in [-0.2, 0) is 6.54 Å². The van der Waals surface area contributed by atoms with Gasteiger partial charge in [-0.1, -0.05) is 60.7 Å². The first-order valence-electron chi connectivity index (χ1n) is 7.99. The van der Waals surface area contributed by atoms with Crippen molar-refractivity contribution in [3.63, 3.8) is 0 Å². The van der Waals surface area contributed by atoms with Gasteiger partial charge in [0.25, 0.3) is 0 Å². The first-order chi connectivity index (χ1) is 11.3. The lowest BCUT2D eigenvalue weighted by atomic mass is 10.1. The summed E-state index contributed by atoms with van der Waals surface area (Å²) in [5.74, 6) is 0. The molecular weight excluding hydrogens is 300 g/mol. The van der Waals surface area contributed by atoms with E-state index in [0.717, 1.165) is 13.2 Å². The minimum absolute atomic E-state index is 0.380. The van der Waals surface area contributed by atoms with E-state index >= 15 is 0 Å². The van der Waals surface area contributed by atoms with Gasteiger partial charge in [0, 0.05) is 17.3 Å². The fourth-order valence-corrected chi connectivity index (χ4v) is 4.10. The molecule has 2 aromatic carbocycles. The minimum Gasteiger partial charge on any atom is -0.347 e.